The van der Waals surface area contributed by atoms with Crippen LogP contribution in [0.2, 0.25) is 0 Å². The summed E-state index contributed by atoms with van der Waals surface area (Å²) in [7, 11) is 0. The van der Waals surface area contributed by atoms with Gasteiger partial charge in [-0.15, -0.1) is 0 Å². The zero-order valence-electron chi connectivity index (χ0n) is 12.0. The third kappa shape index (κ3) is 2.59. The fourth-order valence-electron chi connectivity index (χ4n) is 3.17. The molecule has 0 aromatic carbocycles. The fourth-order valence-corrected chi connectivity index (χ4v) is 3.17. The summed E-state index contributed by atoms with van der Waals surface area (Å²) in [5, 5.41) is 12.6. The van der Waals surface area contributed by atoms with Gasteiger partial charge in [0.1, 0.15) is 0 Å². The Balaban J connectivity index is 1.58. The monoisotopic (exact) mass is 277 g/mol. The van der Waals surface area contributed by atoms with Crippen molar-refractivity contribution in [1.29, 1.82) is 0 Å². The van der Waals surface area contributed by atoms with E-state index in [-0.39, 0.29) is 23.5 Å². The molecule has 110 valence electrons. The van der Waals surface area contributed by atoms with Gasteiger partial charge in [0.15, 0.2) is 0 Å². The summed E-state index contributed by atoms with van der Waals surface area (Å²) < 4.78 is 1.99. The summed E-state index contributed by atoms with van der Waals surface area (Å²) in [6, 6.07) is 0.214. The lowest BCUT2D eigenvalue weighted by molar-refractivity contribution is -0.128. The van der Waals surface area contributed by atoms with E-state index in [9.17, 15) is 9.90 Å². The minimum absolute atomic E-state index is 0.160. The van der Waals surface area contributed by atoms with Crippen LogP contribution in [0.15, 0.2) is 18.7 Å². The van der Waals surface area contributed by atoms with Crippen molar-refractivity contribution in [3.63, 3.8) is 0 Å². The second-order valence-electron chi connectivity index (χ2n) is 6.39. The van der Waals surface area contributed by atoms with Gasteiger partial charge < -0.3 is 15.0 Å². The van der Waals surface area contributed by atoms with Crippen LogP contribution >= 0.6 is 0 Å². The summed E-state index contributed by atoms with van der Waals surface area (Å²) in [6.07, 6.45) is 9.77. The van der Waals surface area contributed by atoms with E-state index < -0.39 is 0 Å². The Kier molecular flexibility index (Phi) is 3.54. The fraction of sp³-hybridized carbons (Fsp3) is 0.733. The first kappa shape index (κ1) is 13.6. The van der Waals surface area contributed by atoms with Gasteiger partial charge in [-0.2, -0.15) is 0 Å². The third-order valence-corrected chi connectivity index (χ3v) is 4.85. The number of hydrogen-bond acceptors (Lipinski definition) is 3. The number of carbonyl (C=O) groups is 1. The van der Waals surface area contributed by atoms with Crippen molar-refractivity contribution in [3.05, 3.63) is 18.7 Å². The molecule has 5 heteroatoms. The van der Waals surface area contributed by atoms with Crippen molar-refractivity contribution in [2.75, 3.05) is 0 Å². The van der Waals surface area contributed by atoms with Crippen LogP contribution in [0, 0.1) is 11.3 Å². The van der Waals surface area contributed by atoms with E-state index in [1.54, 1.807) is 12.5 Å². The lowest BCUT2D eigenvalue weighted by Gasteiger charge is -2.38. The van der Waals surface area contributed by atoms with Crippen LogP contribution in [-0.2, 0) is 11.3 Å². The van der Waals surface area contributed by atoms with E-state index >= 15 is 0 Å². The molecule has 2 aliphatic rings. The molecule has 0 saturated heterocycles. The highest BCUT2D eigenvalue weighted by atomic mass is 16.3. The highest BCUT2D eigenvalue weighted by Crippen LogP contribution is 2.47. The van der Waals surface area contributed by atoms with Crippen molar-refractivity contribution < 1.29 is 9.90 Å². The molecule has 2 saturated carbocycles. The largest absolute Gasteiger partial charge is 0.393 e. The molecular formula is C15H23N3O2. The number of nitrogens with one attached hydrogen (secondary N) is 1. The van der Waals surface area contributed by atoms with E-state index in [0.29, 0.717) is 5.92 Å². The van der Waals surface area contributed by atoms with Gasteiger partial charge in [0.25, 0.3) is 0 Å². The van der Waals surface area contributed by atoms with Crippen LogP contribution in [0.25, 0.3) is 0 Å². The van der Waals surface area contributed by atoms with Gasteiger partial charge in [-0.05, 0) is 38.0 Å². The standard InChI is InChI=1S/C15H23N3O2/c1-2-13(11-7-12(19)8-11)17-14(20)15(3-4-15)9-18-6-5-16-10-18/h5-6,10-13,19H,2-4,7-9H2,1H3,(H,17,20)/t11?,12?,13-/m0/s1. The maximum Gasteiger partial charge on any atom is 0.228 e. The molecule has 1 atom stereocenters. The van der Waals surface area contributed by atoms with Crippen LogP contribution in [0.3, 0.4) is 0 Å². The van der Waals surface area contributed by atoms with Gasteiger partial charge in [-0.25, -0.2) is 4.98 Å². The van der Waals surface area contributed by atoms with E-state index in [1.807, 2.05) is 10.8 Å². The number of aliphatic hydroxyl groups excluding tert-OH is 1. The normalized spacial score (nSPS) is 28.5. The van der Waals surface area contributed by atoms with Gasteiger partial charge in [-0.1, -0.05) is 6.92 Å². The Morgan fingerprint density at radius 2 is 2.30 bits per heavy atom. The Hall–Kier alpha value is -1.36. The van der Waals surface area contributed by atoms with Gasteiger partial charge in [0.05, 0.1) is 17.8 Å². The molecular weight excluding hydrogens is 254 g/mol. The molecule has 2 fully saturated rings. The van der Waals surface area contributed by atoms with Crippen LogP contribution in [0.5, 0.6) is 0 Å². The number of hydrogen-bond donors (Lipinski definition) is 2. The predicted molar refractivity (Wildman–Crippen MR) is 74.8 cm³/mol. The first-order chi connectivity index (χ1) is 9.63. The molecule has 1 aromatic heterocycles. The van der Waals surface area contributed by atoms with Gasteiger partial charge in [0, 0.05) is 25.0 Å². The summed E-state index contributed by atoms with van der Waals surface area (Å²) in [5.41, 5.74) is -0.226. The zero-order chi connectivity index (χ0) is 14.2. The number of rotatable bonds is 6. The summed E-state index contributed by atoms with van der Waals surface area (Å²) in [4.78, 5) is 16.6. The SMILES string of the molecule is CC[C@H](NC(=O)C1(Cn2ccnc2)CC1)C1CC(O)C1. The summed E-state index contributed by atoms with van der Waals surface area (Å²) >= 11 is 0. The van der Waals surface area contributed by atoms with Crippen LogP contribution in [0.1, 0.15) is 39.0 Å². The summed E-state index contributed by atoms with van der Waals surface area (Å²) in [5.74, 6) is 0.627. The molecule has 2 N–H and O–H groups in total. The molecule has 0 aliphatic heterocycles. The Morgan fingerprint density at radius 3 is 2.80 bits per heavy atom. The van der Waals surface area contributed by atoms with E-state index in [2.05, 4.69) is 17.2 Å². The number of imidazole rings is 1. The molecule has 1 aromatic rings. The Labute approximate surface area is 119 Å². The Morgan fingerprint density at radius 1 is 1.55 bits per heavy atom. The predicted octanol–water partition coefficient (Wildman–Crippen LogP) is 1.33. The highest BCUT2D eigenvalue weighted by molar-refractivity contribution is 5.85. The first-order valence-corrected chi connectivity index (χ1v) is 7.58. The van der Waals surface area contributed by atoms with Gasteiger partial charge >= 0.3 is 0 Å². The Bertz CT molecular complexity index is 461. The number of aliphatic hydroxyl groups is 1. The van der Waals surface area contributed by atoms with Gasteiger partial charge in [-0.3, -0.25) is 4.79 Å². The number of nitrogens with zero attached hydrogens (tertiary/aromatic N) is 2. The van der Waals surface area contributed by atoms with Crippen LogP contribution < -0.4 is 5.32 Å². The quantitative estimate of drug-likeness (QED) is 0.824. The molecule has 1 heterocycles. The maximum absolute atomic E-state index is 12.5. The minimum atomic E-state index is -0.226. The smallest absolute Gasteiger partial charge is 0.228 e. The average molecular weight is 277 g/mol. The summed E-state index contributed by atoms with van der Waals surface area (Å²) in [6.45, 7) is 2.83. The molecule has 0 bridgehead atoms. The molecule has 0 spiro atoms. The van der Waals surface area contributed by atoms with Crippen LogP contribution in [0.4, 0.5) is 0 Å². The second kappa shape index (κ2) is 5.20. The van der Waals surface area contributed by atoms with E-state index in [0.717, 1.165) is 38.6 Å². The lowest BCUT2D eigenvalue weighted by Crippen LogP contribution is -2.49. The highest BCUT2D eigenvalue weighted by Gasteiger charge is 2.51. The molecule has 5 nitrogen and oxygen atoms in total. The minimum Gasteiger partial charge on any atom is -0.393 e. The van der Waals surface area contributed by atoms with E-state index in [4.69, 9.17) is 0 Å². The zero-order valence-corrected chi connectivity index (χ0v) is 12.0. The number of aromatic nitrogens is 2. The maximum atomic E-state index is 12.5. The second-order valence-corrected chi connectivity index (χ2v) is 6.39. The molecule has 20 heavy (non-hydrogen) atoms. The lowest BCUT2D eigenvalue weighted by atomic mass is 9.76. The average Bonchev–Trinajstić information content (AvgIpc) is 3.00. The molecule has 1 amide bonds. The van der Waals surface area contributed by atoms with Crippen LogP contribution in [-0.4, -0.2) is 32.7 Å². The first-order valence-electron chi connectivity index (χ1n) is 7.58. The van der Waals surface area contributed by atoms with Crippen molar-refractivity contribution in [1.82, 2.24) is 14.9 Å². The van der Waals surface area contributed by atoms with Gasteiger partial charge in [0.2, 0.25) is 5.91 Å². The number of carbonyl (C=O) groups excluding carboxylic acids is 1. The third-order valence-electron chi connectivity index (χ3n) is 4.85. The molecule has 3 rings (SSSR count). The van der Waals surface area contributed by atoms with Crippen molar-refractivity contribution in [2.45, 2.75) is 57.7 Å². The number of amides is 1. The van der Waals surface area contributed by atoms with Crippen molar-refractivity contribution >= 4 is 5.91 Å². The molecule has 0 unspecified atom stereocenters. The molecule has 0 radical (unpaired) electrons. The van der Waals surface area contributed by atoms with Crippen molar-refractivity contribution in [2.24, 2.45) is 11.3 Å². The van der Waals surface area contributed by atoms with E-state index in [1.165, 1.54) is 0 Å². The molecule has 2 aliphatic carbocycles. The van der Waals surface area contributed by atoms with Crippen molar-refractivity contribution in [3.8, 4) is 0 Å². The topological polar surface area (TPSA) is 67.2 Å².